The minimum atomic E-state index is -0.792. The average molecular weight is 632 g/mol. The number of carbonyl (C=O) groups is 1. The van der Waals surface area contributed by atoms with Gasteiger partial charge in [0, 0.05) is 25.6 Å². The normalized spacial score (nSPS) is 11.7. The van der Waals surface area contributed by atoms with E-state index in [1.165, 1.54) is 0 Å². The van der Waals surface area contributed by atoms with Gasteiger partial charge >= 0.3 is 0 Å². The first-order chi connectivity index (χ1) is 23.0. The van der Waals surface area contributed by atoms with Crippen LogP contribution in [0.15, 0.2) is 127 Å². The third-order valence-corrected chi connectivity index (χ3v) is 7.98. The van der Waals surface area contributed by atoms with E-state index in [0.717, 1.165) is 40.0 Å². The van der Waals surface area contributed by atoms with Gasteiger partial charge in [0.25, 0.3) is 0 Å². The highest BCUT2D eigenvalue weighted by atomic mass is 16.5. The summed E-state index contributed by atoms with van der Waals surface area (Å²) in [6.07, 6.45) is -0.0382. The fraction of sp³-hybridized carbons (Fsp3) is 0.225. The highest BCUT2D eigenvalue weighted by Crippen LogP contribution is 2.30. The zero-order valence-corrected chi connectivity index (χ0v) is 26.8. The number of rotatable bonds is 17. The van der Waals surface area contributed by atoms with Gasteiger partial charge in [0.1, 0.15) is 42.3 Å². The van der Waals surface area contributed by atoms with Crippen molar-refractivity contribution in [1.29, 1.82) is 0 Å². The zero-order valence-electron chi connectivity index (χ0n) is 26.8. The number of aliphatic hydroxyl groups excluding tert-OH is 1. The number of aliphatic hydroxyl groups is 1. The molecule has 0 amide bonds. The van der Waals surface area contributed by atoms with E-state index in [4.69, 9.17) is 18.9 Å². The first kappa shape index (κ1) is 33.3. The van der Waals surface area contributed by atoms with Crippen molar-refractivity contribution in [1.82, 2.24) is 4.90 Å². The molecular weight excluding hydrogens is 590 g/mol. The largest absolute Gasteiger partial charge is 0.497 e. The van der Waals surface area contributed by atoms with Crippen molar-refractivity contribution in [3.63, 3.8) is 0 Å². The Kier molecular flexibility index (Phi) is 12.0. The van der Waals surface area contributed by atoms with Crippen molar-refractivity contribution >= 4 is 6.29 Å². The molecule has 0 aromatic heterocycles. The average Bonchev–Trinajstić information content (AvgIpc) is 3.13. The van der Waals surface area contributed by atoms with Crippen LogP contribution in [0.5, 0.6) is 23.0 Å². The Balaban J connectivity index is 1.30. The van der Waals surface area contributed by atoms with Crippen molar-refractivity contribution < 1.29 is 28.8 Å². The van der Waals surface area contributed by atoms with Gasteiger partial charge in [-0.15, -0.1) is 0 Å². The van der Waals surface area contributed by atoms with Gasteiger partial charge in [0.2, 0.25) is 0 Å². The maximum Gasteiger partial charge on any atom is 0.153 e. The van der Waals surface area contributed by atoms with Crippen molar-refractivity contribution in [2.75, 3.05) is 33.9 Å². The molecule has 0 saturated carbocycles. The predicted octanol–water partition coefficient (Wildman–Crippen LogP) is 7.17. The molecule has 1 unspecified atom stereocenters. The minimum Gasteiger partial charge on any atom is -0.497 e. The number of hydrogen-bond donors (Lipinski definition) is 1. The fourth-order valence-corrected chi connectivity index (χ4v) is 5.50. The van der Waals surface area contributed by atoms with Gasteiger partial charge < -0.3 is 24.1 Å². The second kappa shape index (κ2) is 17.0. The molecule has 0 aliphatic rings. The summed E-state index contributed by atoms with van der Waals surface area (Å²) in [5.74, 6) is 2.58. The van der Waals surface area contributed by atoms with E-state index >= 15 is 0 Å². The highest BCUT2D eigenvalue weighted by molar-refractivity contribution is 5.80. The van der Waals surface area contributed by atoms with Crippen LogP contribution in [0.3, 0.4) is 0 Å². The number of ether oxygens (including phenoxy) is 4. The molecule has 5 aromatic rings. The quantitative estimate of drug-likeness (QED) is 0.109. The second-order valence-corrected chi connectivity index (χ2v) is 11.3. The minimum absolute atomic E-state index is 0.0159. The van der Waals surface area contributed by atoms with E-state index in [9.17, 15) is 9.90 Å². The number of aldehydes is 1. The molecule has 0 aliphatic heterocycles. The van der Waals surface area contributed by atoms with E-state index < -0.39 is 6.10 Å². The van der Waals surface area contributed by atoms with Crippen LogP contribution in [0.1, 0.15) is 38.5 Å². The third kappa shape index (κ3) is 9.69. The number of carbonyl (C=O) groups excluding carboxylic acids is 1. The summed E-state index contributed by atoms with van der Waals surface area (Å²) >= 11 is 0. The van der Waals surface area contributed by atoms with Crippen LogP contribution in [-0.4, -0.2) is 56.3 Å². The lowest BCUT2D eigenvalue weighted by atomic mass is 9.90. The summed E-state index contributed by atoms with van der Waals surface area (Å²) < 4.78 is 22.7. The van der Waals surface area contributed by atoms with Crippen LogP contribution in [0, 0.1) is 0 Å². The van der Waals surface area contributed by atoms with Gasteiger partial charge in [0.15, 0.2) is 6.29 Å². The molecule has 0 spiro atoms. The number of hydrogen-bond acceptors (Lipinski definition) is 7. The number of nitrogens with zero attached hydrogens (tertiary/aromatic N) is 1. The molecule has 1 atom stereocenters. The maximum absolute atomic E-state index is 11.9. The van der Waals surface area contributed by atoms with Gasteiger partial charge in [-0.3, -0.25) is 9.69 Å². The molecule has 5 rings (SSSR count). The Hall–Kier alpha value is -5.11. The molecule has 0 saturated heterocycles. The van der Waals surface area contributed by atoms with Crippen LogP contribution in [-0.2, 0) is 13.2 Å². The standard InChI is InChI=1S/C40H41NO6/c1-44-36-17-13-32(14-18-36)39(33-15-19-37(45-2)20-16-33)26-41(24-30-9-5-3-6-10-30)25-35(43)29-46-38-21-22-40(34(23-38)27-42)47-28-31-11-7-4-8-12-31/h3-23,27,35,39,43H,24-26,28-29H2,1-2H3. The zero-order chi connectivity index (χ0) is 32.8. The topological polar surface area (TPSA) is 77.5 Å². The Morgan fingerprint density at radius 2 is 1.21 bits per heavy atom. The monoisotopic (exact) mass is 631 g/mol. The highest BCUT2D eigenvalue weighted by Gasteiger charge is 2.22. The summed E-state index contributed by atoms with van der Waals surface area (Å²) in [4.78, 5) is 14.1. The van der Waals surface area contributed by atoms with Crippen LogP contribution in [0.4, 0.5) is 0 Å². The van der Waals surface area contributed by atoms with Crippen LogP contribution in [0.25, 0.3) is 0 Å². The van der Waals surface area contributed by atoms with Crippen molar-refractivity contribution in [2.45, 2.75) is 25.2 Å². The van der Waals surface area contributed by atoms with Crippen molar-refractivity contribution in [3.8, 4) is 23.0 Å². The Morgan fingerprint density at radius 1 is 0.660 bits per heavy atom. The summed E-state index contributed by atoms with van der Waals surface area (Å²) in [6, 6.07) is 41.4. The third-order valence-electron chi connectivity index (χ3n) is 7.98. The predicted molar refractivity (Wildman–Crippen MR) is 184 cm³/mol. The lowest BCUT2D eigenvalue weighted by Gasteiger charge is -2.30. The Morgan fingerprint density at radius 3 is 1.77 bits per heavy atom. The Bertz CT molecular complexity index is 1610. The molecule has 0 aliphatic carbocycles. The van der Waals surface area contributed by atoms with Gasteiger partial charge in [-0.1, -0.05) is 84.9 Å². The van der Waals surface area contributed by atoms with E-state index in [1.54, 1.807) is 32.4 Å². The maximum atomic E-state index is 11.9. The van der Waals surface area contributed by atoms with Crippen LogP contribution < -0.4 is 18.9 Å². The summed E-state index contributed by atoms with van der Waals surface area (Å²) in [5, 5.41) is 11.2. The molecule has 5 aromatic carbocycles. The molecule has 0 bridgehead atoms. The fourth-order valence-electron chi connectivity index (χ4n) is 5.50. The van der Waals surface area contributed by atoms with Crippen molar-refractivity contribution in [3.05, 3.63) is 155 Å². The van der Waals surface area contributed by atoms with Crippen LogP contribution in [0.2, 0.25) is 0 Å². The molecule has 47 heavy (non-hydrogen) atoms. The smallest absolute Gasteiger partial charge is 0.153 e. The first-order valence-corrected chi connectivity index (χ1v) is 15.7. The second-order valence-electron chi connectivity index (χ2n) is 11.3. The van der Waals surface area contributed by atoms with Crippen LogP contribution >= 0.6 is 0 Å². The van der Waals surface area contributed by atoms with Gasteiger partial charge in [0.05, 0.1) is 19.8 Å². The number of benzene rings is 5. The summed E-state index contributed by atoms with van der Waals surface area (Å²) in [5.41, 5.74) is 4.81. The molecule has 1 N–H and O–H groups in total. The molecular formula is C40H41NO6. The Labute approximate surface area is 276 Å². The van der Waals surface area contributed by atoms with E-state index in [2.05, 4.69) is 41.3 Å². The molecule has 242 valence electrons. The molecule has 0 heterocycles. The van der Waals surface area contributed by atoms with Gasteiger partial charge in [-0.05, 0) is 64.7 Å². The van der Waals surface area contributed by atoms with E-state index in [-0.39, 0.29) is 12.5 Å². The van der Waals surface area contributed by atoms with Gasteiger partial charge in [-0.2, -0.15) is 0 Å². The molecule has 0 radical (unpaired) electrons. The lowest BCUT2D eigenvalue weighted by Crippen LogP contribution is -2.38. The van der Waals surface area contributed by atoms with E-state index in [1.807, 2.05) is 72.8 Å². The molecule has 7 heteroatoms. The van der Waals surface area contributed by atoms with E-state index in [0.29, 0.717) is 43.3 Å². The lowest BCUT2D eigenvalue weighted by molar-refractivity contribution is 0.0644. The first-order valence-electron chi connectivity index (χ1n) is 15.7. The van der Waals surface area contributed by atoms with Crippen molar-refractivity contribution in [2.24, 2.45) is 0 Å². The summed E-state index contributed by atoms with van der Waals surface area (Å²) in [7, 11) is 3.32. The van der Waals surface area contributed by atoms with Gasteiger partial charge in [-0.25, -0.2) is 0 Å². The summed E-state index contributed by atoms with van der Waals surface area (Å²) in [6.45, 7) is 2.07. The SMILES string of the molecule is COc1ccc(C(CN(Cc2ccccc2)CC(O)COc2ccc(OCc3ccccc3)c(C=O)c2)c2ccc(OC)cc2)cc1. The number of methoxy groups -OCH3 is 2. The molecule has 7 nitrogen and oxygen atoms in total. The molecule has 0 fully saturated rings.